The summed E-state index contributed by atoms with van der Waals surface area (Å²) in [5, 5.41) is 10.9. The van der Waals surface area contributed by atoms with Gasteiger partial charge in [0.2, 0.25) is 0 Å². The quantitative estimate of drug-likeness (QED) is 0.643. The van der Waals surface area contributed by atoms with Crippen molar-refractivity contribution in [1.29, 1.82) is 0 Å². The van der Waals surface area contributed by atoms with E-state index in [9.17, 15) is 10.1 Å². The molecule has 1 saturated carbocycles. The second kappa shape index (κ2) is 5.82. The van der Waals surface area contributed by atoms with Crippen LogP contribution in [0.2, 0.25) is 0 Å². The minimum absolute atomic E-state index is 0.0187. The summed E-state index contributed by atoms with van der Waals surface area (Å²) in [5.74, 6) is 0.876. The molecular weight excluding hydrogens is 232 g/mol. The van der Waals surface area contributed by atoms with Crippen molar-refractivity contribution in [2.45, 2.75) is 32.2 Å². The normalized spacial score (nSPS) is 15.8. The second-order valence-corrected chi connectivity index (χ2v) is 4.72. The first kappa shape index (κ1) is 12.8. The molecule has 1 aliphatic rings. The third kappa shape index (κ3) is 2.98. The van der Waals surface area contributed by atoms with Crippen molar-refractivity contribution in [2.24, 2.45) is 11.7 Å². The zero-order valence-corrected chi connectivity index (χ0v) is 10.3. The Morgan fingerprint density at radius 3 is 2.72 bits per heavy atom. The summed E-state index contributed by atoms with van der Waals surface area (Å²) in [5.41, 5.74) is 6.41. The van der Waals surface area contributed by atoms with Crippen LogP contribution in [0.4, 0.5) is 5.69 Å². The largest absolute Gasteiger partial charge is 0.487 e. The minimum Gasteiger partial charge on any atom is -0.487 e. The number of nitro groups is 1. The van der Waals surface area contributed by atoms with E-state index in [1.165, 1.54) is 18.9 Å². The number of benzene rings is 1. The standard InChI is InChI=1S/C13H18N2O3/c14-8-11-5-6-12(15(16)17)13(7-11)18-9-10-3-1-2-4-10/h5-7,10H,1-4,8-9,14H2. The van der Waals surface area contributed by atoms with Crippen LogP contribution in [0.5, 0.6) is 5.75 Å². The molecule has 0 aromatic heterocycles. The number of hydrogen-bond acceptors (Lipinski definition) is 4. The Morgan fingerprint density at radius 2 is 2.11 bits per heavy atom. The summed E-state index contributed by atoms with van der Waals surface area (Å²) in [6, 6.07) is 4.81. The minimum atomic E-state index is -0.412. The average Bonchev–Trinajstić information content (AvgIpc) is 2.88. The van der Waals surface area contributed by atoms with Gasteiger partial charge in [-0.25, -0.2) is 0 Å². The fourth-order valence-electron chi connectivity index (χ4n) is 2.34. The summed E-state index contributed by atoms with van der Waals surface area (Å²) in [6.07, 6.45) is 4.78. The molecule has 0 radical (unpaired) electrons. The van der Waals surface area contributed by atoms with Gasteiger partial charge in [-0.1, -0.05) is 18.9 Å². The molecule has 5 heteroatoms. The predicted molar refractivity (Wildman–Crippen MR) is 68.4 cm³/mol. The van der Waals surface area contributed by atoms with Gasteiger partial charge in [0.1, 0.15) is 0 Å². The molecule has 0 aliphatic heterocycles. The van der Waals surface area contributed by atoms with Gasteiger partial charge in [0.25, 0.3) is 0 Å². The molecule has 2 rings (SSSR count). The van der Waals surface area contributed by atoms with Crippen LogP contribution in [0.25, 0.3) is 0 Å². The fraction of sp³-hybridized carbons (Fsp3) is 0.538. The molecular formula is C13H18N2O3. The fourth-order valence-corrected chi connectivity index (χ4v) is 2.34. The summed E-state index contributed by atoms with van der Waals surface area (Å²) in [6.45, 7) is 0.923. The Morgan fingerprint density at radius 1 is 1.39 bits per heavy atom. The molecule has 1 aliphatic carbocycles. The molecule has 18 heavy (non-hydrogen) atoms. The highest BCUT2D eigenvalue weighted by molar-refractivity contribution is 5.48. The Kier molecular flexibility index (Phi) is 4.15. The Bertz CT molecular complexity index is 428. The number of hydrogen-bond donors (Lipinski definition) is 1. The maximum Gasteiger partial charge on any atom is 0.310 e. The number of nitro benzene ring substituents is 1. The number of ether oxygens (including phenoxy) is 1. The van der Waals surface area contributed by atoms with Gasteiger partial charge >= 0.3 is 5.69 Å². The third-order valence-electron chi connectivity index (χ3n) is 3.41. The van der Waals surface area contributed by atoms with Gasteiger partial charge in [-0.05, 0) is 30.4 Å². The van der Waals surface area contributed by atoms with E-state index in [0.29, 0.717) is 24.8 Å². The van der Waals surface area contributed by atoms with Crippen molar-refractivity contribution in [3.05, 3.63) is 33.9 Å². The maximum atomic E-state index is 10.9. The van der Waals surface area contributed by atoms with Crippen LogP contribution >= 0.6 is 0 Å². The van der Waals surface area contributed by atoms with Gasteiger partial charge in [-0.2, -0.15) is 0 Å². The van der Waals surface area contributed by atoms with Crippen LogP contribution in [0.15, 0.2) is 18.2 Å². The zero-order valence-electron chi connectivity index (χ0n) is 10.3. The third-order valence-corrected chi connectivity index (χ3v) is 3.41. The summed E-state index contributed by atoms with van der Waals surface area (Å²) in [7, 11) is 0. The molecule has 0 unspecified atom stereocenters. The molecule has 0 amide bonds. The predicted octanol–water partition coefficient (Wildman–Crippen LogP) is 2.62. The first-order chi connectivity index (χ1) is 8.70. The van der Waals surface area contributed by atoms with E-state index < -0.39 is 4.92 Å². The van der Waals surface area contributed by atoms with Crippen molar-refractivity contribution >= 4 is 5.69 Å². The molecule has 1 fully saturated rings. The Balaban J connectivity index is 2.10. The van der Waals surface area contributed by atoms with Gasteiger partial charge < -0.3 is 10.5 Å². The van der Waals surface area contributed by atoms with E-state index in [1.807, 2.05) is 0 Å². The van der Waals surface area contributed by atoms with Crippen LogP contribution in [0.1, 0.15) is 31.2 Å². The number of nitrogens with zero attached hydrogens (tertiary/aromatic N) is 1. The van der Waals surface area contributed by atoms with Crippen molar-refractivity contribution in [1.82, 2.24) is 0 Å². The lowest BCUT2D eigenvalue weighted by Gasteiger charge is -2.12. The molecule has 1 aromatic rings. The summed E-state index contributed by atoms with van der Waals surface area (Å²) < 4.78 is 5.63. The van der Waals surface area contributed by atoms with Crippen LogP contribution in [0.3, 0.4) is 0 Å². The van der Waals surface area contributed by atoms with Crippen molar-refractivity contribution in [2.75, 3.05) is 6.61 Å². The van der Waals surface area contributed by atoms with Crippen LogP contribution in [-0.4, -0.2) is 11.5 Å². The van der Waals surface area contributed by atoms with Crippen molar-refractivity contribution < 1.29 is 9.66 Å². The van der Waals surface area contributed by atoms with E-state index in [2.05, 4.69) is 0 Å². The van der Waals surface area contributed by atoms with Crippen molar-refractivity contribution in [3.8, 4) is 5.75 Å². The molecule has 5 nitrogen and oxygen atoms in total. The lowest BCUT2D eigenvalue weighted by molar-refractivity contribution is -0.385. The van der Waals surface area contributed by atoms with E-state index >= 15 is 0 Å². The average molecular weight is 250 g/mol. The SMILES string of the molecule is NCc1ccc([N+](=O)[O-])c(OCC2CCCC2)c1. The molecule has 0 heterocycles. The van der Waals surface area contributed by atoms with E-state index in [0.717, 1.165) is 18.4 Å². The highest BCUT2D eigenvalue weighted by Gasteiger charge is 2.19. The Hall–Kier alpha value is -1.62. The topological polar surface area (TPSA) is 78.4 Å². The number of nitrogens with two attached hydrogens (primary N) is 1. The molecule has 2 N–H and O–H groups in total. The highest BCUT2D eigenvalue weighted by atomic mass is 16.6. The molecule has 0 spiro atoms. The van der Waals surface area contributed by atoms with Gasteiger partial charge in [-0.3, -0.25) is 10.1 Å². The van der Waals surface area contributed by atoms with Gasteiger partial charge in [-0.15, -0.1) is 0 Å². The van der Waals surface area contributed by atoms with Gasteiger partial charge in [0, 0.05) is 12.6 Å². The van der Waals surface area contributed by atoms with Crippen LogP contribution in [0, 0.1) is 16.0 Å². The molecule has 0 bridgehead atoms. The zero-order chi connectivity index (χ0) is 13.0. The van der Waals surface area contributed by atoms with Gasteiger partial charge in [0.15, 0.2) is 5.75 Å². The van der Waals surface area contributed by atoms with Gasteiger partial charge in [0.05, 0.1) is 11.5 Å². The van der Waals surface area contributed by atoms with Crippen LogP contribution in [-0.2, 0) is 6.54 Å². The summed E-state index contributed by atoms with van der Waals surface area (Å²) >= 11 is 0. The molecule has 98 valence electrons. The Labute approximate surface area is 106 Å². The summed E-state index contributed by atoms with van der Waals surface area (Å²) in [4.78, 5) is 10.5. The monoisotopic (exact) mass is 250 g/mol. The maximum absolute atomic E-state index is 10.9. The van der Waals surface area contributed by atoms with Crippen LogP contribution < -0.4 is 10.5 Å². The van der Waals surface area contributed by atoms with E-state index in [1.54, 1.807) is 12.1 Å². The molecule has 1 aromatic carbocycles. The smallest absolute Gasteiger partial charge is 0.310 e. The molecule has 0 saturated heterocycles. The van der Waals surface area contributed by atoms with E-state index in [4.69, 9.17) is 10.5 Å². The second-order valence-electron chi connectivity index (χ2n) is 4.72. The first-order valence-corrected chi connectivity index (χ1v) is 6.31. The molecule has 0 atom stereocenters. The lowest BCUT2D eigenvalue weighted by atomic mass is 10.1. The first-order valence-electron chi connectivity index (χ1n) is 6.31. The van der Waals surface area contributed by atoms with E-state index in [-0.39, 0.29) is 5.69 Å². The van der Waals surface area contributed by atoms with Crippen molar-refractivity contribution in [3.63, 3.8) is 0 Å². The highest BCUT2D eigenvalue weighted by Crippen LogP contribution is 2.30. The number of rotatable bonds is 5. The lowest BCUT2D eigenvalue weighted by Crippen LogP contribution is -2.09.